The Hall–Kier alpha value is -2.08. The number of ether oxygens (including phenoxy) is 1. The second-order valence-corrected chi connectivity index (χ2v) is 8.11. The highest BCUT2D eigenvalue weighted by Gasteiger charge is 2.55. The summed E-state index contributed by atoms with van der Waals surface area (Å²) in [7, 11) is 0. The number of aromatic hydroxyl groups is 1. The third-order valence-electron chi connectivity index (χ3n) is 6.08. The van der Waals surface area contributed by atoms with Crippen molar-refractivity contribution in [1.82, 2.24) is 0 Å². The first-order chi connectivity index (χ1) is 12.7. The molecule has 148 valence electrons. The van der Waals surface area contributed by atoms with Crippen LogP contribution in [0.1, 0.15) is 80.3 Å². The summed E-state index contributed by atoms with van der Waals surface area (Å²) >= 11 is 0. The van der Waals surface area contributed by atoms with E-state index in [2.05, 4.69) is 6.92 Å². The van der Waals surface area contributed by atoms with Crippen molar-refractivity contribution in [3.05, 3.63) is 22.8 Å². The van der Waals surface area contributed by atoms with Gasteiger partial charge in [-0.2, -0.15) is 0 Å². The second-order valence-electron chi connectivity index (χ2n) is 8.11. The average Bonchev–Trinajstić information content (AvgIpc) is 2.96. The summed E-state index contributed by atoms with van der Waals surface area (Å²) in [6.45, 7) is 5.20. The SMILES string of the molecule is CCCCCc1cc(O)c2c(c1C(=O)O)O[C@H]1[C@@H]2[C@H](C(C)=O)CC[C@]1(C)O. The molecule has 1 heterocycles. The van der Waals surface area contributed by atoms with Crippen LogP contribution in [0.25, 0.3) is 0 Å². The van der Waals surface area contributed by atoms with Gasteiger partial charge in [-0.3, -0.25) is 4.79 Å². The Morgan fingerprint density at radius 3 is 2.63 bits per heavy atom. The summed E-state index contributed by atoms with van der Waals surface area (Å²) in [4.78, 5) is 24.2. The van der Waals surface area contributed by atoms with Gasteiger partial charge in [0, 0.05) is 17.4 Å². The number of hydrogen-bond acceptors (Lipinski definition) is 5. The zero-order valence-corrected chi connectivity index (χ0v) is 16.1. The molecule has 0 unspecified atom stereocenters. The van der Waals surface area contributed by atoms with E-state index in [-0.39, 0.29) is 22.8 Å². The molecule has 1 aromatic carbocycles. The van der Waals surface area contributed by atoms with E-state index >= 15 is 0 Å². The number of carbonyl (C=O) groups excluding carboxylic acids is 1. The van der Waals surface area contributed by atoms with Crippen LogP contribution >= 0.6 is 0 Å². The van der Waals surface area contributed by atoms with Crippen LogP contribution in [0.3, 0.4) is 0 Å². The van der Waals surface area contributed by atoms with E-state index in [9.17, 15) is 24.9 Å². The summed E-state index contributed by atoms with van der Waals surface area (Å²) in [6.07, 6.45) is 3.43. The zero-order valence-electron chi connectivity index (χ0n) is 16.1. The van der Waals surface area contributed by atoms with Gasteiger partial charge in [-0.15, -0.1) is 0 Å². The third-order valence-corrected chi connectivity index (χ3v) is 6.08. The number of rotatable bonds is 6. The minimum Gasteiger partial charge on any atom is -0.508 e. The smallest absolute Gasteiger partial charge is 0.339 e. The molecular formula is C21H28O6. The van der Waals surface area contributed by atoms with E-state index in [1.54, 1.807) is 6.92 Å². The lowest BCUT2D eigenvalue weighted by Gasteiger charge is -2.41. The Morgan fingerprint density at radius 1 is 1.33 bits per heavy atom. The first kappa shape index (κ1) is 19.7. The fraction of sp³-hybridized carbons (Fsp3) is 0.619. The third kappa shape index (κ3) is 3.31. The van der Waals surface area contributed by atoms with Crippen molar-refractivity contribution >= 4 is 11.8 Å². The molecule has 0 saturated heterocycles. The molecule has 1 aliphatic heterocycles. The van der Waals surface area contributed by atoms with Crippen LogP contribution in [0.5, 0.6) is 11.5 Å². The minimum atomic E-state index is -1.19. The molecule has 0 bridgehead atoms. The molecule has 1 saturated carbocycles. The maximum absolute atomic E-state index is 12.2. The standard InChI is InChI=1S/C21H28O6/c1-4-5-6-7-12-10-14(23)17-16-13(11(2)22)8-9-21(3,26)19(16)27-18(17)15(12)20(24)25/h10,13,16,19,23,26H,4-9H2,1-3H3,(H,24,25)/t13-,16+,19-,21-/m0/s1. The molecule has 0 radical (unpaired) electrons. The molecular weight excluding hydrogens is 348 g/mol. The number of carbonyl (C=O) groups is 2. The molecule has 0 amide bonds. The second kappa shape index (κ2) is 7.15. The summed E-state index contributed by atoms with van der Waals surface area (Å²) < 4.78 is 5.98. The van der Waals surface area contributed by atoms with Crippen LogP contribution in [0.15, 0.2) is 6.07 Å². The molecule has 0 aromatic heterocycles. The number of phenols is 1. The monoisotopic (exact) mass is 376 g/mol. The highest BCUT2D eigenvalue weighted by Crippen LogP contribution is 2.56. The molecule has 3 rings (SSSR count). The van der Waals surface area contributed by atoms with Crippen LogP contribution in [0, 0.1) is 5.92 Å². The number of Topliss-reactive ketones (excluding diaryl/α,β-unsaturated/α-hetero) is 1. The van der Waals surface area contributed by atoms with Gasteiger partial charge in [0.1, 0.15) is 28.9 Å². The first-order valence-corrected chi connectivity index (χ1v) is 9.70. The topological polar surface area (TPSA) is 104 Å². The van der Waals surface area contributed by atoms with Crippen molar-refractivity contribution in [3.63, 3.8) is 0 Å². The van der Waals surface area contributed by atoms with Gasteiger partial charge in [-0.25, -0.2) is 4.79 Å². The zero-order chi connectivity index (χ0) is 19.9. The van der Waals surface area contributed by atoms with E-state index in [4.69, 9.17) is 4.74 Å². The fourth-order valence-corrected chi connectivity index (χ4v) is 4.66. The van der Waals surface area contributed by atoms with Crippen molar-refractivity contribution in [2.24, 2.45) is 5.92 Å². The van der Waals surface area contributed by atoms with Gasteiger partial charge in [0.05, 0.1) is 5.60 Å². The molecule has 6 nitrogen and oxygen atoms in total. The Morgan fingerprint density at radius 2 is 2.04 bits per heavy atom. The number of unbranched alkanes of at least 4 members (excludes halogenated alkanes) is 2. The number of ketones is 1. The predicted molar refractivity (Wildman–Crippen MR) is 99.5 cm³/mol. The Balaban J connectivity index is 2.14. The van der Waals surface area contributed by atoms with Crippen molar-refractivity contribution in [1.29, 1.82) is 0 Å². The van der Waals surface area contributed by atoms with E-state index in [0.29, 0.717) is 30.4 Å². The molecule has 27 heavy (non-hydrogen) atoms. The van der Waals surface area contributed by atoms with E-state index in [1.807, 2.05) is 0 Å². The van der Waals surface area contributed by atoms with Gasteiger partial charge in [0.15, 0.2) is 0 Å². The maximum atomic E-state index is 12.2. The summed E-state index contributed by atoms with van der Waals surface area (Å²) in [6, 6.07) is 1.50. The lowest BCUT2D eigenvalue weighted by atomic mass is 9.67. The molecule has 6 heteroatoms. The summed E-state index contributed by atoms with van der Waals surface area (Å²) in [5, 5.41) is 31.4. The molecule has 1 aliphatic carbocycles. The van der Waals surface area contributed by atoms with Crippen LogP contribution < -0.4 is 4.74 Å². The quantitative estimate of drug-likeness (QED) is 0.657. The van der Waals surface area contributed by atoms with Crippen LogP contribution in [-0.4, -0.2) is 38.8 Å². The fourth-order valence-electron chi connectivity index (χ4n) is 4.66. The van der Waals surface area contributed by atoms with Gasteiger partial charge in [-0.05, 0) is 51.2 Å². The van der Waals surface area contributed by atoms with Crippen LogP contribution in [0.2, 0.25) is 0 Å². The molecule has 1 aromatic rings. The largest absolute Gasteiger partial charge is 0.508 e. The lowest BCUT2D eigenvalue weighted by Crippen LogP contribution is -2.51. The normalized spacial score (nSPS) is 29.0. The number of aliphatic hydroxyl groups is 1. The molecule has 2 aliphatic rings. The predicted octanol–water partition coefficient (Wildman–Crippen LogP) is 3.42. The first-order valence-electron chi connectivity index (χ1n) is 9.70. The molecule has 3 N–H and O–H groups in total. The molecule has 1 fully saturated rings. The highest BCUT2D eigenvalue weighted by atomic mass is 16.5. The molecule has 4 atom stereocenters. The average molecular weight is 376 g/mol. The Kier molecular flexibility index (Phi) is 5.21. The molecule has 0 spiro atoms. The van der Waals surface area contributed by atoms with E-state index in [1.165, 1.54) is 13.0 Å². The number of aryl methyl sites for hydroxylation is 1. The lowest BCUT2D eigenvalue weighted by molar-refractivity contribution is -0.130. The van der Waals surface area contributed by atoms with Crippen molar-refractivity contribution < 1.29 is 29.6 Å². The van der Waals surface area contributed by atoms with Gasteiger partial charge in [0.2, 0.25) is 0 Å². The number of carboxylic acids is 1. The summed E-state index contributed by atoms with van der Waals surface area (Å²) in [5.41, 5.74) is -0.256. The number of hydrogen-bond donors (Lipinski definition) is 3. The van der Waals surface area contributed by atoms with Gasteiger partial charge in [-0.1, -0.05) is 19.8 Å². The van der Waals surface area contributed by atoms with E-state index < -0.39 is 29.5 Å². The van der Waals surface area contributed by atoms with Crippen molar-refractivity contribution in [2.75, 3.05) is 0 Å². The number of phenolic OH excluding ortho intramolecular Hbond substituents is 1. The van der Waals surface area contributed by atoms with Crippen LogP contribution in [0.4, 0.5) is 0 Å². The van der Waals surface area contributed by atoms with Crippen molar-refractivity contribution in [2.45, 2.75) is 76.9 Å². The minimum absolute atomic E-state index is 0.0414. The van der Waals surface area contributed by atoms with Crippen LogP contribution in [-0.2, 0) is 11.2 Å². The Bertz CT molecular complexity index is 766. The number of aromatic carboxylic acids is 1. The Labute approximate surface area is 159 Å². The highest BCUT2D eigenvalue weighted by molar-refractivity contribution is 5.95. The summed E-state index contributed by atoms with van der Waals surface area (Å²) in [5.74, 6) is -2.02. The number of benzene rings is 1. The van der Waals surface area contributed by atoms with Crippen molar-refractivity contribution in [3.8, 4) is 11.5 Å². The number of carboxylic acid groups (broad SMARTS) is 1. The van der Waals surface area contributed by atoms with Gasteiger partial charge >= 0.3 is 5.97 Å². The van der Waals surface area contributed by atoms with Gasteiger partial charge < -0.3 is 20.1 Å². The maximum Gasteiger partial charge on any atom is 0.339 e. The number of fused-ring (bicyclic) bond motifs is 3. The van der Waals surface area contributed by atoms with Gasteiger partial charge in [0.25, 0.3) is 0 Å². The van der Waals surface area contributed by atoms with E-state index in [0.717, 1.165) is 19.3 Å².